The lowest BCUT2D eigenvalue weighted by atomic mass is 9.93. The summed E-state index contributed by atoms with van der Waals surface area (Å²) in [6.07, 6.45) is 2.86. The van der Waals surface area contributed by atoms with Crippen LogP contribution < -0.4 is 5.32 Å². The second-order valence-electron chi connectivity index (χ2n) is 8.23. The van der Waals surface area contributed by atoms with Crippen LogP contribution in [0.2, 0.25) is 0 Å². The number of rotatable bonds is 6. The van der Waals surface area contributed by atoms with Gasteiger partial charge in [-0.25, -0.2) is 4.98 Å². The van der Waals surface area contributed by atoms with E-state index >= 15 is 0 Å². The maximum Gasteiger partial charge on any atom is 0.226 e. The molecule has 0 saturated carbocycles. The number of amides is 1. The maximum atomic E-state index is 12.8. The number of hydrogen-bond acceptors (Lipinski definition) is 5. The molecule has 6 nitrogen and oxygen atoms in total. The van der Waals surface area contributed by atoms with Crippen molar-refractivity contribution in [3.05, 3.63) is 83.9 Å². The SMILES string of the molecule is Cc1oc(-c2ccccc2)nc1CC(=O)N[C@@H]1COC[C@H]1Cc1ccnc2ccccc12. The molecule has 0 aliphatic carbocycles. The third-order valence-corrected chi connectivity index (χ3v) is 6.01. The molecule has 1 fully saturated rings. The van der Waals surface area contributed by atoms with Crippen molar-refractivity contribution in [3.63, 3.8) is 0 Å². The summed E-state index contributed by atoms with van der Waals surface area (Å²) in [4.78, 5) is 21.8. The summed E-state index contributed by atoms with van der Waals surface area (Å²) >= 11 is 0. The lowest BCUT2D eigenvalue weighted by molar-refractivity contribution is -0.121. The first kappa shape index (κ1) is 20.4. The van der Waals surface area contributed by atoms with Crippen molar-refractivity contribution in [2.75, 3.05) is 13.2 Å². The highest BCUT2D eigenvalue weighted by molar-refractivity contribution is 5.82. The van der Waals surface area contributed by atoms with Crippen LogP contribution >= 0.6 is 0 Å². The Morgan fingerprint density at radius 2 is 1.88 bits per heavy atom. The predicted molar refractivity (Wildman–Crippen MR) is 122 cm³/mol. The van der Waals surface area contributed by atoms with Gasteiger partial charge in [0.25, 0.3) is 0 Å². The highest BCUT2D eigenvalue weighted by atomic mass is 16.5. The molecule has 1 amide bonds. The number of carbonyl (C=O) groups is 1. The largest absolute Gasteiger partial charge is 0.441 e. The summed E-state index contributed by atoms with van der Waals surface area (Å²) in [5, 5.41) is 4.31. The molecule has 2 aromatic carbocycles. The number of nitrogens with zero attached hydrogens (tertiary/aromatic N) is 2. The number of hydrogen-bond donors (Lipinski definition) is 1. The van der Waals surface area contributed by atoms with E-state index < -0.39 is 0 Å². The average Bonchev–Trinajstić information content (AvgIpc) is 3.40. The third-order valence-electron chi connectivity index (χ3n) is 6.01. The van der Waals surface area contributed by atoms with Crippen molar-refractivity contribution in [1.29, 1.82) is 0 Å². The molecule has 1 N–H and O–H groups in total. The molecule has 5 rings (SSSR count). The van der Waals surface area contributed by atoms with Crippen molar-refractivity contribution in [2.24, 2.45) is 5.92 Å². The van der Waals surface area contributed by atoms with Crippen molar-refractivity contribution >= 4 is 16.8 Å². The molecule has 0 bridgehead atoms. The maximum absolute atomic E-state index is 12.8. The number of aryl methyl sites for hydroxylation is 1. The van der Waals surface area contributed by atoms with Crippen LogP contribution in [0, 0.1) is 12.8 Å². The standard InChI is InChI=1S/C26H25N3O3/c1-17-23(29-26(32-17)18-7-3-2-4-8-18)14-25(30)28-24-16-31-15-20(24)13-19-11-12-27-22-10-6-5-9-21(19)22/h2-12,20,24H,13-16H2,1H3,(H,28,30)/t20-,24-/m1/s1. The van der Waals surface area contributed by atoms with Gasteiger partial charge in [-0.2, -0.15) is 0 Å². The number of aromatic nitrogens is 2. The Hall–Kier alpha value is -3.51. The Morgan fingerprint density at radius 1 is 1.06 bits per heavy atom. The van der Waals surface area contributed by atoms with Crippen molar-refractivity contribution < 1.29 is 13.9 Å². The van der Waals surface area contributed by atoms with E-state index in [4.69, 9.17) is 9.15 Å². The van der Waals surface area contributed by atoms with E-state index in [9.17, 15) is 4.79 Å². The van der Waals surface area contributed by atoms with Crippen LogP contribution in [0.4, 0.5) is 0 Å². The molecule has 0 spiro atoms. The molecule has 162 valence electrons. The Kier molecular flexibility index (Phi) is 5.69. The fraction of sp³-hybridized carbons (Fsp3) is 0.269. The number of oxazole rings is 1. The Balaban J connectivity index is 1.26. The summed E-state index contributed by atoms with van der Waals surface area (Å²) in [7, 11) is 0. The molecular weight excluding hydrogens is 402 g/mol. The number of pyridine rings is 1. The zero-order chi connectivity index (χ0) is 21.9. The van der Waals surface area contributed by atoms with Crippen LogP contribution in [0.3, 0.4) is 0 Å². The first-order chi connectivity index (χ1) is 15.7. The molecule has 2 aromatic heterocycles. The minimum absolute atomic E-state index is 0.0322. The van der Waals surface area contributed by atoms with Crippen LogP contribution in [0.25, 0.3) is 22.4 Å². The van der Waals surface area contributed by atoms with Gasteiger partial charge >= 0.3 is 0 Å². The number of fused-ring (bicyclic) bond motifs is 1. The number of para-hydroxylation sites is 1. The highest BCUT2D eigenvalue weighted by Gasteiger charge is 2.30. The van der Waals surface area contributed by atoms with Gasteiger partial charge in [0.05, 0.1) is 36.9 Å². The number of carbonyl (C=O) groups excluding carboxylic acids is 1. The zero-order valence-electron chi connectivity index (χ0n) is 18.0. The van der Waals surface area contributed by atoms with Gasteiger partial charge in [-0.15, -0.1) is 0 Å². The predicted octanol–water partition coefficient (Wildman–Crippen LogP) is 4.11. The molecule has 4 aromatic rings. The molecule has 0 unspecified atom stereocenters. The van der Waals surface area contributed by atoms with Gasteiger partial charge in [-0.05, 0) is 43.2 Å². The summed E-state index contributed by atoms with van der Waals surface area (Å²) < 4.78 is 11.5. The molecule has 1 aliphatic heterocycles. The number of benzene rings is 2. The Morgan fingerprint density at radius 3 is 2.75 bits per heavy atom. The van der Waals surface area contributed by atoms with E-state index in [1.165, 1.54) is 5.56 Å². The van der Waals surface area contributed by atoms with E-state index in [1.807, 2.05) is 61.7 Å². The Bertz CT molecular complexity index is 1230. The summed E-state index contributed by atoms with van der Waals surface area (Å²) in [6, 6.07) is 19.9. The van der Waals surface area contributed by atoms with Crippen molar-refractivity contribution in [1.82, 2.24) is 15.3 Å². The molecule has 2 atom stereocenters. The molecule has 1 saturated heterocycles. The van der Waals surface area contributed by atoms with Gasteiger partial charge < -0.3 is 14.5 Å². The highest BCUT2D eigenvalue weighted by Crippen LogP contribution is 2.25. The first-order valence-corrected chi connectivity index (χ1v) is 10.9. The molecule has 6 heteroatoms. The summed E-state index contributed by atoms with van der Waals surface area (Å²) in [5.41, 5.74) is 3.78. The fourth-order valence-corrected chi connectivity index (χ4v) is 4.28. The lowest BCUT2D eigenvalue weighted by Gasteiger charge is -2.19. The van der Waals surface area contributed by atoms with E-state index in [-0.39, 0.29) is 24.3 Å². The van der Waals surface area contributed by atoms with E-state index in [1.54, 1.807) is 0 Å². The normalized spacial score (nSPS) is 18.2. The van der Waals surface area contributed by atoms with E-state index in [0.717, 1.165) is 22.9 Å². The lowest BCUT2D eigenvalue weighted by Crippen LogP contribution is -2.41. The van der Waals surface area contributed by atoms with Gasteiger partial charge in [-0.3, -0.25) is 9.78 Å². The summed E-state index contributed by atoms with van der Waals surface area (Å²) in [5.74, 6) is 1.35. The molecule has 32 heavy (non-hydrogen) atoms. The molecular formula is C26H25N3O3. The van der Waals surface area contributed by atoms with Gasteiger partial charge in [0, 0.05) is 23.1 Å². The monoisotopic (exact) mass is 427 g/mol. The second kappa shape index (κ2) is 8.93. The van der Waals surface area contributed by atoms with E-state index in [2.05, 4.69) is 27.4 Å². The van der Waals surface area contributed by atoms with E-state index in [0.29, 0.717) is 30.6 Å². The number of ether oxygens (including phenoxy) is 1. The van der Waals surface area contributed by atoms with Crippen LogP contribution in [0.15, 0.2) is 71.3 Å². The fourth-order valence-electron chi connectivity index (χ4n) is 4.28. The second-order valence-corrected chi connectivity index (χ2v) is 8.23. The van der Waals surface area contributed by atoms with Crippen molar-refractivity contribution in [2.45, 2.75) is 25.8 Å². The minimum atomic E-state index is -0.0684. The van der Waals surface area contributed by atoms with Crippen LogP contribution in [0.1, 0.15) is 17.0 Å². The van der Waals surface area contributed by atoms with Crippen LogP contribution in [0.5, 0.6) is 0 Å². The van der Waals surface area contributed by atoms with Crippen LogP contribution in [-0.4, -0.2) is 35.1 Å². The number of nitrogens with one attached hydrogen (secondary N) is 1. The van der Waals surface area contributed by atoms with Gasteiger partial charge in [0.2, 0.25) is 11.8 Å². The quantitative estimate of drug-likeness (QED) is 0.501. The molecule has 1 aliphatic rings. The van der Waals surface area contributed by atoms with Gasteiger partial charge in [0.1, 0.15) is 5.76 Å². The zero-order valence-corrected chi connectivity index (χ0v) is 18.0. The summed E-state index contributed by atoms with van der Waals surface area (Å²) in [6.45, 7) is 2.99. The minimum Gasteiger partial charge on any atom is -0.441 e. The molecule has 0 radical (unpaired) electrons. The van der Waals surface area contributed by atoms with Crippen LogP contribution in [-0.2, 0) is 22.4 Å². The third kappa shape index (κ3) is 4.27. The van der Waals surface area contributed by atoms with Gasteiger partial charge in [-0.1, -0.05) is 36.4 Å². The smallest absolute Gasteiger partial charge is 0.226 e. The van der Waals surface area contributed by atoms with Crippen molar-refractivity contribution in [3.8, 4) is 11.5 Å². The topological polar surface area (TPSA) is 77.2 Å². The first-order valence-electron chi connectivity index (χ1n) is 10.9. The molecule has 3 heterocycles. The average molecular weight is 428 g/mol. The van der Waals surface area contributed by atoms with Gasteiger partial charge in [0.15, 0.2) is 0 Å². The Labute approximate surface area is 186 Å².